The second-order valence-electron chi connectivity index (χ2n) is 5.15. The van der Waals surface area contributed by atoms with Gasteiger partial charge in [-0.05, 0) is 28.8 Å². The van der Waals surface area contributed by atoms with Crippen LogP contribution in [0.2, 0.25) is 0 Å². The first-order chi connectivity index (χ1) is 9.70. The van der Waals surface area contributed by atoms with E-state index in [2.05, 4.69) is 17.0 Å². The monoisotopic (exact) mass is 265 g/mol. The van der Waals surface area contributed by atoms with Gasteiger partial charge in [0.05, 0.1) is 19.4 Å². The van der Waals surface area contributed by atoms with Crippen LogP contribution < -0.4 is 0 Å². The fraction of sp³-hybridized carbons (Fsp3) is 0.294. The average Bonchev–Trinajstić information content (AvgIpc) is 2.47. The average molecular weight is 265 g/mol. The quantitative estimate of drug-likeness (QED) is 0.617. The van der Waals surface area contributed by atoms with Crippen LogP contribution in [-0.4, -0.2) is 18.1 Å². The summed E-state index contributed by atoms with van der Waals surface area (Å²) < 4.78 is 5.13. The molecule has 0 aromatic heterocycles. The summed E-state index contributed by atoms with van der Waals surface area (Å²) in [5, 5.41) is 2.36. The van der Waals surface area contributed by atoms with Crippen molar-refractivity contribution in [1.82, 2.24) is 0 Å². The number of carbonyl (C=O) groups excluding carboxylic acids is 1. The number of carbonyl (C=O) groups is 1. The zero-order valence-corrected chi connectivity index (χ0v) is 11.3. The van der Waals surface area contributed by atoms with Crippen LogP contribution in [0.1, 0.15) is 18.1 Å². The zero-order chi connectivity index (χ0) is 14.2. The summed E-state index contributed by atoms with van der Waals surface area (Å²) in [7, 11) is 0. The highest BCUT2D eigenvalue weighted by atomic mass is 16.5. The lowest BCUT2D eigenvalue weighted by Crippen LogP contribution is -2.43. The molecule has 0 fully saturated rings. The van der Waals surface area contributed by atoms with Crippen molar-refractivity contribution >= 4 is 16.7 Å². The van der Waals surface area contributed by atoms with Crippen molar-refractivity contribution in [3.63, 3.8) is 0 Å². The number of ether oxygens (including phenoxy) is 1. The summed E-state index contributed by atoms with van der Waals surface area (Å²) in [5.74, 6) is -0.401. The van der Waals surface area contributed by atoms with Crippen LogP contribution in [0, 0.1) is 6.57 Å². The van der Waals surface area contributed by atoms with Crippen molar-refractivity contribution in [3.05, 3.63) is 58.9 Å². The van der Waals surface area contributed by atoms with Crippen LogP contribution in [0.4, 0.5) is 0 Å². The van der Waals surface area contributed by atoms with Crippen molar-refractivity contribution in [2.24, 2.45) is 0 Å². The number of esters is 1. The largest absolute Gasteiger partial charge is 0.460 e. The SMILES string of the molecule is [C-]#[N+]C1(C(=O)OCC)Cc2cccc3cccc(c23)C1. The molecule has 0 saturated carbocycles. The first-order valence-electron chi connectivity index (χ1n) is 6.75. The molecule has 0 saturated heterocycles. The summed E-state index contributed by atoms with van der Waals surface area (Å²) >= 11 is 0. The lowest BCUT2D eigenvalue weighted by molar-refractivity contribution is -0.148. The van der Waals surface area contributed by atoms with Gasteiger partial charge >= 0.3 is 11.5 Å². The summed E-state index contributed by atoms with van der Waals surface area (Å²) in [4.78, 5) is 15.9. The predicted octanol–water partition coefficient (Wildman–Crippen LogP) is 3.16. The highest BCUT2D eigenvalue weighted by Gasteiger charge is 2.50. The van der Waals surface area contributed by atoms with Crippen LogP contribution in [-0.2, 0) is 22.4 Å². The van der Waals surface area contributed by atoms with E-state index in [-0.39, 0.29) is 0 Å². The van der Waals surface area contributed by atoms with Gasteiger partial charge in [-0.25, -0.2) is 11.4 Å². The molecule has 0 bridgehead atoms. The molecule has 20 heavy (non-hydrogen) atoms. The molecular weight excluding hydrogens is 250 g/mol. The third-order valence-electron chi connectivity index (χ3n) is 3.91. The van der Waals surface area contributed by atoms with Gasteiger partial charge in [0, 0.05) is 0 Å². The van der Waals surface area contributed by atoms with Crippen molar-refractivity contribution in [2.75, 3.05) is 6.61 Å². The molecule has 2 aromatic rings. The molecule has 0 heterocycles. The normalized spacial score (nSPS) is 15.6. The van der Waals surface area contributed by atoms with E-state index >= 15 is 0 Å². The highest BCUT2D eigenvalue weighted by molar-refractivity contribution is 5.94. The molecule has 3 nitrogen and oxygen atoms in total. The number of nitrogens with zero attached hydrogens (tertiary/aromatic N) is 1. The Labute approximate surface area is 118 Å². The zero-order valence-electron chi connectivity index (χ0n) is 11.3. The van der Waals surface area contributed by atoms with Crippen molar-refractivity contribution in [2.45, 2.75) is 25.3 Å². The molecule has 0 radical (unpaired) electrons. The Morgan fingerprint density at radius 1 is 1.25 bits per heavy atom. The molecular formula is C17H15NO2. The Balaban J connectivity index is 2.15. The molecule has 3 heteroatoms. The Morgan fingerprint density at radius 3 is 2.35 bits per heavy atom. The minimum absolute atomic E-state index is 0.307. The van der Waals surface area contributed by atoms with E-state index < -0.39 is 11.5 Å². The fourth-order valence-electron chi connectivity index (χ4n) is 3.02. The fourth-order valence-corrected chi connectivity index (χ4v) is 3.02. The second kappa shape index (κ2) is 4.64. The first-order valence-corrected chi connectivity index (χ1v) is 6.75. The number of hydrogen-bond donors (Lipinski definition) is 0. The molecule has 0 atom stereocenters. The van der Waals surface area contributed by atoms with Crippen molar-refractivity contribution in [3.8, 4) is 0 Å². The molecule has 1 aliphatic carbocycles. The van der Waals surface area contributed by atoms with E-state index in [0.29, 0.717) is 19.4 Å². The highest BCUT2D eigenvalue weighted by Crippen LogP contribution is 2.37. The van der Waals surface area contributed by atoms with Gasteiger partial charge in [-0.2, -0.15) is 0 Å². The summed E-state index contributed by atoms with van der Waals surface area (Å²) in [6, 6.07) is 12.1. The molecule has 100 valence electrons. The van der Waals surface area contributed by atoms with Crippen molar-refractivity contribution < 1.29 is 9.53 Å². The van der Waals surface area contributed by atoms with E-state index in [4.69, 9.17) is 11.3 Å². The standard InChI is InChI=1S/C17H15NO2/c1-3-20-16(19)17(18-2)10-13-8-4-6-12-7-5-9-14(11-17)15(12)13/h4-9H,3,10-11H2,1H3. The maximum absolute atomic E-state index is 12.2. The van der Waals surface area contributed by atoms with Gasteiger partial charge in [-0.3, -0.25) is 4.85 Å². The topological polar surface area (TPSA) is 30.7 Å². The van der Waals surface area contributed by atoms with Gasteiger partial charge in [-0.1, -0.05) is 36.4 Å². The van der Waals surface area contributed by atoms with Crippen LogP contribution in [0.15, 0.2) is 36.4 Å². The minimum Gasteiger partial charge on any atom is -0.460 e. The lowest BCUT2D eigenvalue weighted by atomic mass is 9.77. The Hall–Kier alpha value is -2.34. The van der Waals surface area contributed by atoms with E-state index in [1.807, 2.05) is 24.3 Å². The van der Waals surface area contributed by atoms with E-state index in [9.17, 15) is 4.79 Å². The third kappa shape index (κ3) is 1.77. The van der Waals surface area contributed by atoms with Gasteiger partial charge in [0.25, 0.3) is 0 Å². The van der Waals surface area contributed by atoms with Crippen LogP contribution in [0.3, 0.4) is 0 Å². The molecule has 0 aliphatic heterocycles. The molecule has 2 aromatic carbocycles. The summed E-state index contributed by atoms with van der Waals surface area (Å²) in [6.45, 7) is 9.59. The van der Waals surface area contributed by atoms with Gasteiger partial charge in [0.2, 0.25) is 0 Å². The molecule has 3 rings (SSSR count). The van der Waals surface area contributed by atoms with Gasteiger partial charge in [-0.15, -0.1) is 0 Å². The maximum Gasteiger partial charge on any atom is 0.394 e. The third-order valence-corrected chi connectivity index (χ3v) is 3.91. The maximum atomic E-state index is 12.2. The minimum atomic E-state index is -1.10. The van der Waals surface area contributed by atoms with Gasteiger partial charge < -0.3 is 4.74 Å². The number of benzene rings is 2. The van der Waals surface area contributed by atoms with E-state index in [0.717, 1.165) is 11.1 Å². The van der Waals surface area contributed by atoms with Crippen LogP contribution in [0.5, 0.6) is 0 Å². The van der Waals surface area contributed by atoms with Crippen LogP contribution in [0.25, 0.3) is 15.6 Å². The summed E-state index contributed by atoms with van der Waals surface area (Å²) in [5.41, 5.74) is 1.03. The summed E-state index contributed by atoms with van der Waals surface area (Å²) in [6.07, 6.45) is 0.868. The molecule has 0 unspecified atom stereocenters. The molecule has 0 spiro atoms. The molecule has 1 aliphatic rings. The van der Waals surface area contributed by atoms with Crippen molar-refractivity contribution in [1.29, 1.82) is 0 Å². The molecule has 0 N–H and O–H groups in total. The van der Waals surface area contributed by atoms with Gasteiger partial charge in [0.15, 0.2) is 0 Å². The molecule has 0 amide bonds. The predicted molar refractivity (Wildman–Crippen MR) is 77.3 cm³/mol. The lowest BCUT2D eigenvalue weighted by Gasteiger charge is -2.26. The Kier molecular flexibility index (Phi) is 2.94. The Morgan fingerprint density at radius 2 is 1.85 bits per heavy atom. The van der Waals surface area contributed by atoms with E-state index in [1.165, 1.54) is 10.8 Å². The second-order valence-corrected chi connectivity index (χ2v) is 5.15. The van der Waals surface area contributed by atoms with Crippen LogP contribution >= 0.6 is 0 Å². The number of rotatable bonds is 2. The smallest absolute Gasteiger partial charge is 0.394 e. The number of hydrogen-bond acceptors (Lipinski definition) is 2. The van der Waals surface area contributed by atoms with E-state index in [1.54, 1.807) is 6.92 Å². The first kappa shape index (κ1) is 12.7. The Bertz CT molecular complexity index is 687. The van der Waals surface area contributed by atoms with Gasteiger partial charge in [0.1, 0.15) is 0 Å².